The van der Waals surface area contributed by atoms with Gasteiger partial charge in [-0.2, -0.15) is 0 Å². The Morgan fingerprint density at radius 1 is 0.344 bits per heavy atom. The highest BCUT2D eigenvalue weighted by molar-refractivity contribution is 5.82. The molecule has 1 unspecified atom stereocenters. The minimum Gasteiger partial charge on any atom is -0.456 e. The van der Waals surface area contributed by atoms with Crippen LogP contribution in [0, 0.1) is 5.92 Å². The average Bonchev–Trinajstić information content (AvgIpc) is 4.03. The number of rotatable bonds is 11. The van der Waals surface area contributed by atoms with Crippen molar-refractivity contribution in [1.82, 2.24) is 0 Å². The lowest BCUT2D eigenvalue weighted by molar-refractivity contribution is 0.554. The van der Waals surface area contributed by atoms with Gasteiger partial charge >= 0.3 is 0 Å². The molecule has 0 saturated heterocycles. The number of furan rings is 2. The normalized spacial score (nSPS) is 13.5. The smallest absolute Gasteiger partial charge is 0.134 e. The summed E-state index contributed by atoms with van der Waals surface area (Å²) in [7, 11) is 0. The molecule has 4 nitrogen and oxygen atoms in total. The lowest BCUT2D eigenvalue weighted by Crippen LogP contribution is -2.10. The first-order valence-corrected chi connectivity index (χ1v) is 20.9. The highest BCUT2D eigenvalue weighted by atomic mass is 16.3. The van der Waals surface area contributed by atoms with Crippen molar-refractivity contribution < 1.29 is 8.83 Å². The molecule has 0 amide bonds. The Labute approximate surface area is 357 Å². The molecule has 0 fully saturated rings. The lowest BCUT2D eigenvalue weighted by Gasteiger charge is -2.26. The molecule has 61 heavy (non-hydrogen) atoms. The highest BCUT2D eigenvalue weighted by Gasteiger charge is 2.18. The zero-order chi connectivity index (χ0) is 41.0. The van der Waals surface area contributed by atoms with E-state index in [1.807, 2.05) is 30.3 Å². The summed E-state index contributed by atoms with van der Waals surface area (Å²) in [4.78, 5) is 4.58. The molecule has 0 aliphatic heterocycles. The van der Waals surface area contributed by atoms with Gasteiger partial charge < -0.3 is 18.6 Å². The van der Waals surface area contributed by atoms with Crippen molar-refractivity contribution in [2.24, 2.45) is 5.92 Å². The van der Waals surface area contributed by atoms with E-state index < -0.39 is 0 Å². The van der Waals surface area contributed by atoms with Gasteiger partial charge in [-0.15, -0.1) is 0 Å². The maximum Gasteiger partial charge on any atom is 0.134 e. The van der Waals surface area contributed by atoms with Crippen LogP contribution < -0.4 is 9.80 Å². The van der Waals surface area contributed by atoms with Crippen molar-refractivity contribution in [3.63, 3.8) is 0 Å². The maximum atomic E-state index is 6.38. The largest absolute Gasteiger partial charge is 0.456 e. The van der Waals surface area contributed by atoms with E-state index in [4.69, 9.17) is 8.83 Å². The van der Waals surface area contributed by atoms with Gasteiger partial charge in [-0.3, -0.25) is 0 Å². The van der Waals surface area contributed by atoms with E-state index in [2.05, 4.69) is 217 Å². The summed E-state index contributed by atoms with van der Waals surface area (Å²) in [6.07, 6.45) is 7.54. The second-order valence-electron chi connectivity index (χ2n) is 15.4. The van der Waals surface area contributed by atoms with Crippen molar-refractivity contribution in [1.29, 1.82) is 0 Å². The van der Waals surface area contributed by atoms with Crippen LogP contribution >= 0.6 is 0 Å². The maximum absolute atomic E-state index is 6.38. The van der Waals surface area contributed by atoms with Crippen LogP contribution in [0.3, 0.4) is 0 Å². The van der Waals surface area contributed by atoms with Crippen molar-refractivity contribution in [3.8, 4) is 45.1 Å². The van der Waals surface area contributed by atoms with E-state index >= 15 is 0 Å². The van der Waals surface area contributed by atoms with E-state index in [0.29, 0.717) is 5.92 Å². The predicted octanol–water partition coefficient (Wildman–Crippen LogP) is 16.5. The minimum absolute atomic E-state index is 0.444. The van der Waals surface area contributed by atoms with Crippen LogP contribution in [0.15, 0.2) is 239 Å². The van der Waals surface area contributed by atoms with Gasteiger partial charge in [0.1, 0.15) is 23.0 Å². The van der Waals surface area contributed by atoms with Crippen molar-refractivity contribution in [3.05, 3.63) is 236 Å². The van der Waals surface area contributed by atoms with Crippen molar-refractivity contribution in [2.75, 3.05) is 9.80 Å². The third-order valence-electron chi connectivity index (χ3n) is 11.4. The number of benzene rings is 7. The lowest BCUT2D eigenvalue weighted by atomic mass is 9.92. The van der Waals surface area contributed by atoms with E-state index in [-0.39, 0.29) is 0 Å². The van der Waals surface area contributed by atoms with Gasteiger partial charge in [-0.1, -0.05) is 116 Å². The summed E-state index contributed by atoms with van der Waals surface area (Å²) in [6, 6.07) is 74.4. The van der Waals surface area contributed by atoms with Gasteiger partial charge in [0.05, 0.1) is 0 Å². The monoisotopic (exact) mass is 788 g/mol. The molecule has 2 heterocycles. The van der Waals surface area contributed by atoms with Crippen LogP contribution in [0.2, 0.25) is 0 Å². The summed E-state index contributed by atoms with van der Waals surface area (Å²) < 4.78 is 12.6. The summed E-state index contributed by atoms with van der Waals surface area (Å²) in [5.74, 6) is 3.97. The summed E-state index contributed by atoms with van der Waals surface area (Å²) in [5, 5.41) is 0. The van der Waals surface area contributed by atoms with Crippen LogP contribution in [-0.2, 0) is 0 Å². The van der Waals surface area contributed by atoms with Crippen LogP contribution in [-0.4, -0.2) is 0 Å². The fraction of sp³-hybridized carbons (Fsp3) is 0.0526. The SMILES string of the molecule is CC1CC=CC=C1c1ccc(-c2ccc(N(c3ccccc3)c3ccc(-c4ccc(N(c5ccccc5)c5ccc(-c6ccc(-c7ccccc7)o6)cc5)cc4)cc3)cc2)o1. The zero-order valence-electron chi connectivity index (χ0n) is 33.9. The van der Waals surface area contributed by atoms with Gasteiger partial charge in [0.2, 0.25) is 0 Å². The van der Waals surface area contributed by atoms with E-state index in [1.54, 1.807) is 0 Å². The standard InChI is InChI=1S/C57H44N2O2/c1-41-13-11-12-20-53(41)57-40-39-56(61-57)46-27-35-52(36-28-46)59(48-18-9-4-10-19-48)50-31-23-43(24-32-50)42-21-29-49(30-22-42)58(47-16-7-3-8-17-47)51-33-25-45(26-34-51)55-38-37-54(60-55)44-14-5-2-6-15-44/h2-12,14-41H,13H2,1H3. The second-order valence-corrected chi connectivity index (χ2v) is 15.4. The molecular formula is C57H44N2O2. The number of nitrogens with zero attached hydrogens (tertiary/aromatic N) is 2. The Bertz CT molecular complexity index is 2910. The Morgan fingerprint density at radius 2 is 0.672 bits per heavy atom. The van der Waals surface area contributed by atoms with Gasteiger partial charge in [-0.05, 0) is 150 Å². The third kappa shape index (κ3) is 7.87. The van der Waals surface area contributed by atoms with E-state index in [1.165, 1.54) is 5.57 Å². The fourth-order valence-corrected chi connectivity index (χ4v) is 8.17. The molecule has 0 spiro atoms. The summed E-state index contributed by atoms with van der Waals surface area (Å²) in [6.45, 7) is 2.25. The Balaban J connectivity index is 0.895. The first-order chi connectivity index (χ1) is 30.1. The minimum atomic E-state index is 0.444. The number of allylic oxidation sites excluding steroid dienone is 4. The molecule has 4 heteroatoms. The molecule has 1 atom stereocenters. The van der Waals surface area contributed by atoms with Crippen molar-refractivity contribution in [2.45, 2.75) is 13.3 Å². The van der Waals surface area contributed by atoms with Crippen molar-refractivity contribution >= 4 is 39.7 Å². The molecule has 0 radical (unpaired) electrons. The molecule has 1 aliphatic carbocycles. The number of para-hydroxylation sites is 2. The molecule has 7 aromatic carbocycles. The Hall–Kier alpha value is -7.82. The molecule has 0 saturated carbocycles. The molecule has 9 aromatic rings. The molecule has 2 aromatic heterocycles. The number of hydrogen-bond donors (Lipinski definition) is 0. The number of hydrogen-bond acceptors (Lipinski definition) is 4. The zero-order valence-corrected chi connectivity index (χ0v) is 33.9. The van der Waals surface area contributed by atoms with Gasteiger partial charge in [0.25, 0.3) is 0 Å². The third-order valence-corrected chi connectivity index (χ3v) is 11.4. The second kappa shape index (κ2) is 16.8. The molecule has 1 aliphatic rings. The van der Waals surface area contributed by atoms with Gasteiger partial charge in [0.15, 0.2) is 0 Å². The van der Waals surface area contributed by atoms with Crippen LogP contribution in [0.5, 0.6) is 0 Å². The Morgan fingerprint density at radius 3 is 1.08 bits per heavy atom. The van der Waals surface area contributed by atoms with Crippen LogP contribution in [0.25, 0.3) is 50.7 Å². The Kier molecular flexibility index (Phi) is 10.3. The van der Waals surface area contributed by atoms with Crippen LogP contribution in [0.4, 0.5) is 34.1 Å². The highest BCUT2D eigenvalue weighted by Crippen LogP contribution is 2.40. The van der Waals surface area contributed by atoms with Gasteiger partial charge in [-0.25, -0.2) is 0 Å². The molecule has 10 rings (SSSR count). The molecule has 294 valence electrons. The molecule has 0 N–H and O–H groups in total. The molecule has 0 bridgehead atoms. The fourth-order valence-electron chi connectivity index (χ4n) is 8.17. The van der Waals surface area contributed by atoms with E-state index in [0.717, 1.165) is 91.4 Å². The summed E-state index contributed by atoms with van der Waals surface area (Å²) >= 11 is 0. The first-order valence-electron chi connectivity index (χ1n) is 20.9. The average molecular weight is 789 g/mol. The topological polar surface area (TPSA) is 32.8 Å². The first kappa shape index (κ1) is 37.5. The number of anilines is 6. The summed E-state index contributed by atoms with van der Waals surface area (Å²) in [5.41, 5.74) is 13.2. The molecular weight excluding hydrogens is 745 g/mol. The van der Waals surface area contributed by atoms with E-state index in [9.17, 15) is 0 Å². The predicted molar refractivity (Wildman–Crippen MR) is 253 cm³/mol. The quantitative estimate of drug-likeness (QED) is 0.131. The van der Waals surface area contributed by atoms with Gasteiger partial charge in [0, 0.05) is 50.8 Å². The van der Waals surface area contributed by atoms with Crippen LogP contribution in [0.1, 0.15) is 19.1 Å².